The number of hydrogen-bond donors (Lipinski definition) is 0. The summed E-state index contributed by atoms with van der Waals surface area (Å²) in [4.78, 5) is 37.6. The average molecular weight is 407 g/mol. The van der Waals surface area contributed by atoms with E-state index in [4.69, 9.17) is 14.2 Å². The van der Waals surface area contributed by atoms with E-state index in [0.29, 0.717) is 12.3 Å². The Hall–Kier alpha value is -1.59. The number of fused-ring (bicyclic) bond motifs is 2. The summed E-state index contributed by atoms with van der Waals surface area (Å²) < 4.78 is 16.6. The first-order chi connectivity index (χ1) is 13.6. The normalized spacial score (nSPS) is 45.3. The van der Waals surface area contributed by atoms with Gasteiger partial charge in [0, 0.05) is 6.92 Å². The Morgan fingerprint density at radius 3 is 2.48 bits per heavy atom. The third-order valence-corrected chi connectivity index (χ3v) is 9.05. The first kappa shape index (κ1) is 20.7. The lowest BCUT2D eigenvalue weighted by Gasteiger charge is -2.66. The zero-order chi connectivity index (χ0) is 21.2. The number of cyclic esters (lactones) is 1. The molecule has 3 unspecified atom stereocenters. The molecule has 6 heteroatoms. The molecule has 29 heavy (non-hydrogen) atoms. The molecule has 1 aliphatic heterocycles. The lowest BCUT2D eigenvalue weighted by molar-refractivity contribution is -0.232. The lowest BCUT2D eigenvalue weighted by atomic mass is 9.38. The van der Waals surface area contributed by atoms with Gasteiger partial charge >= 0.3 is 17.9 Å². The second kappa shape index (κ2) is 6.71. The molecule has 1 spiro atoms. The molecule has 6 nitrogen and oxygen atoms in total. The Bertz CT molecular complexity index is 729. The molecule has 0 aromatic carbocycles. The van der Waals surface area contributed by atoms with Crippen LogP contribution in [-0.4, -0.2) is 37.7 Å². The summed E-state index contributed by atoms with van der Waals surface area (Å²) in [5.41, 5.74) is -0.463. The second-order valence-electron chi connectivity index (χ2n) is 10.7. The SMILES string of the molecule is COC(=O)[C@@H]1CCC2[C@@]3(C)CCCC(C)(C)C3CC(OC(C)=O)[C@]23COC(=O)[C@H]13. The Balaban J connectivity index is 1.85. The van der Waals surface area contributed by atoms with Crippen molar-refractivity contribution < 1.29 is 28.6 Å². The summed E-state index contributed by atoms with van der Waals surface area (Å²) in [7, 11) is 1.37. The van der Waals surface area contributed by atoms with Crippen molar-refractivity contribution in [2.45, 2.75) is 72.3 Å². The van der Waals surface area contributed by atoms with Crippen molar-refractivity contribution in [3.63, 3.8) is 0 Å². The van der Waals surface area contributed by atoms with E-state index in [0.717, 1.165) is 32.1 Å². The maximum atomic E-state index is 12.9. The highest BCUT2D eigenvalue weighted by Gasteiger charge is 2.73. The Kier molecular flexibility index (Phi) is 4.78. The van der Waals surface area contributed by atoms with Crippen LogP contribution < -0.4 is 0 Å². The Morgan fingerprint density at radius 1 is 1.10 bits per heavy atom. The fraction of sp³-hybridized carbons (Fsp3) is 0.870. The van der Waals surface area contributed by atoms with Crippen molar-refractivity contribution in [2.24, 2.45) is 39.9 Å². The van der Waals surface area contributed by atoms with Gasteiger partial charge in [-0.25, -0.2) is 0 Å². The highest BCUT2D eigenvalue weighted by Crippen LogP contribution is 2.71. The lowest BCUT2D eigenvalue weighted by Crippen LogP contribution is -2.67. The van der Waals surface area contributed by atoms with Gasteiger partial charge in [-0.3, -0.25) is 14.4 Å². The molecule has 4 fully saturated rings. The highest BCUT2D eigenvalue weighted by atomic mass is 16.6. The van der Waals surface area contributed by atoms with E-state index in [-0.39, 0.29) is 41.3 Å². The van der Waals surface area contributed by atoms with Crippen LogP contribution in [0.4, 0.5) is 0 Å². The molecule has 0 aromatic heterocycles. The molecule has 3 saturated carbocycles. The summed E-state index contributed by atoms with van der Waals surface area (Å²) in [6.45, 7) is 8.68. The van der Waals surface area contributed by atoms with E-state index in [1.807, 2.05) is 0 Å². The van der Waals surface area contributed by atoms with Gasteiger partial charge < -0.3 is 14.2 Å². The number of carbonyl (C=O) groups is 3. The Labute approximate surface area is 173 Å². The zero-order valence-corrected chi connectivity index (χ0v) is 18.3. The largest absolute Gasteiger partial charge is 0.469 e. The van der Waals surface area contributed by atoms with Gasteiger partial charge in [0.05, 0.1) is 24.4 Å². The first-order valence-electron chi connectivity index (χ1n) is 11.0. The molecule has 0 radical (unpaired) electrons. The molecule has 162 valence electrons. The number of carbonyl (C=O) groups excluding carboxylic acids is 3. The van der Waals surface area contributed by atoms with E-state index in [1.165, 1.54) is 14.0 Å². The number of esters is 3. The van der Waals surface area contributed by atoms with Gasteiger partial charge in [0.15, 0.2) is 0 Å². The standard InChI is InChI=1S/C23H34O6/c1-13(24)29-17-11-16-21(2,3)9-6-10-22(16,4)15-8-7-14(19(25)27-5)18-20(26)28-12-23(15,17)18/h14-18H,6-12H2,1-5H3/t14-,15?,16?,17?,18+,22-,23+/m1/s1. The summed E-state index contributed by atoms with van der Waals surface area (Å²) in [5, 5.41) is 0. The monoisotopic (exact) mass is 406 g/mol. The summed E-state index contributed by atoms with van der Waals surface area (Å²) in [5.74, 6) is -1.57. The van der Waals surface area contributed by atoms with Crippen LogP contribution in [0.15, 0.2) is 0 Å². The molecule has 1 heterocycles. The quantitative estimate of drug-likeness (QED) is 0.516. The summed E-state index contributed by atoms with van der Waals surface area (Å²) in [6, 6.07) is 0. The van der Waals surface area contributed by atoms with Crippen LogP contribution in [0.5, 0.6) is 0 Å². The van der Waals surface area contributed by atoms with Crippen LogP contribution >= 0.6 is 0 Å². The van der Waals surface area contributed by atoms with Gasteiger partial charge in [0.1, 0.15) is 12.7 Å². The molecule has 4 rings (SSSR count). The van der Waals surface area contributed by atoms with E-state index in [2.05, 4.69) is 20.8 Å². The van der Waals surface area contributed by atoms with Crippen LogP contribution in [0.1, 0.15) is 66.2 Å². The van der Waals surface area contributed by atoms with Crippen LogP contribution in [0.25, 0.3) is 0 Å². The number of ether oxygens (including phenoxy) is 3. The predicted octanol–water partition coefficient (Wildman–Crippen LogP) is 3.51. The fourth-order valence-corrected chi connectivity index (χ4v) is 8.06. The fourth-order valence-electron chi connectivity index (χ4n) is 8.06. The molecule has 1 saturated heterocycles. The van der Waals surface area contributed by atoms with Gasteiger partial charge in [-0.1, -0.05) is 27.2 Å². The molecule has 7 atom stereocenters. The van der Waals surface area contributed by atoms with Gasteiger partial charge in [0.2, 0.25) is 0 Å². The molecule has 0 N–H and O–H groups in total. The van der Waals surface area contributed by atoms with Crippen LogP contribution in [-0.2, 0) is 28.6 Å². The molecule has 4 aliphatic rings. The first-order valence-corrected chi connectivity index (χ1v) is 11.0. The van der Waals surface area contributed by atoms with E-state index < -0.39 is 23.4 Å². The van der Waals surface area contributed by atoms with Crippen molar-refractivity contribution in [1.29, 1.82) is 0 Å². The van der Waals surface area contributed by atoms with E-state index >= 15 is 0 Å². The van der Waals surface area contributed by atoms with Gasteiger partial charge in [-0.2, -0.15) is 0 Å². The van der Waals surface area contributed by atoms with Crippen molar-refractivity contribution in [2.75, 3.05) is 13.7 Å². The molecular formula is C23H34O6. The van der Waals surface area contributed by atoms with Crippen molar-refractivity contribution in [1.82, 2.24) is 0 Å². The van der Waals surface area contributed by atoms with Crippen LogP contribution in [0, 0.1) is 39.9 Å². The predicted molar refractivity (Wildman–Crippen MR) is 105 cm³/mol. The van der Waals surface area contributed by atoms with Gasteiger partial charge in [0.25, 0.3) is 0 Å². The minimum absolute atomic E-state index is 0.0335. The second-order valence-corrected chi connectivity index (χ2v) is 10.7. The topological polar surface area (TPSA) is 78.9 Å². The highest BCUT2D eigenvalue weighted by molar-refractivity contribution is 5.85. The maximum Gasteiger partial charge on any atom is 0.310 e. The molecular weight excluding hydrogens is 372 g/mol. The average Bonchev–Trinajstić information content (AvgIpc) is 2.99. The molecule has 0 aromatic rings. The summed E-state index contributed by atoms with van der Waals surface area (Å²) >= 11 is 0. The number of methoxy groups -OCH3 is 1. The van der Waals surface area contributed by atoms with Crippen molar-refractivity contribution >= 4 is 17.9 Å². The third-order valence-electron chi connectivity index (χ3n) is 9.05. The van der Waals surface area contributed by atoms with Crippen molar-refractivity contribution in [3.05, 3.63) is 0 Å². The smallest absolute Gasteiger partial charge is 0.310 e. The van der Waals surface area contributed by atoms with Crippen LogP contribution in [0.2, 0.25) is 0 Å². The third kappa shape index (κ3) is 2.77. The van der Waals surface area contributed by atoms with E-state index in [9.17, 15) is 14.4 Å². The molecule has 0 bridgehead atoms. The van der Waals surface area contributed by atoms with E-state index in [1.54, 1.807) is 0 Å². The number of hydrogen-bond acceptors (Lipinski definition) is 6. The van der Waals surface area contributed by atoms with Crippen LogP contribution in [0.3, 0.4) is 0 Å². The van der Waals surface area contributed by atoms with Crippen molar-refractivity contribution in [3.8, 4) is 0 Å². The number of rotatable bonds is 2. The molecule has 0 amide bonds. The minimum Gasteiger partial charge on any atom is -0.469 e. The van der Waals surface area contributed by atoms with Gasteiger partial charge in [-0.15, -0.1) is 0 Å². The Morgan fingerprint density at radius 2 is 1.83 bits per heavy atom. The zero-order valence-electron chi connectivity index (χ0n) is 18.3. The minimum atomic E-state index is -0.640. The maximum absolute atomic E-state index is 12.9. The summed E-state index contributed by atoms with van der Waals surface area (Å²) in [6.07, 6.45) is 5.17. The van der Waals surface area contributed by atoms with Gasteiger partial charge in [-0.05, 0) is 54.8 Å². The molecule has 3 aliphatic carbocycles.